The fourth-order valence-electron chi connectivity index (χ4n) is 4.24. The Labute approximate surface area is 176 Å². The van der Waals surface area contributed by atoms with Gasteiger partial charge in [-0.25, -0.2) is 0 Å². The van der Waals surface area contributed by atoms with Crippen molar-refractivity contribution in [2.24, 2.45) is 5.92 Å². The number of aliphatic hydroxyl groups is 1. The van der Waals surface area contributed by atoms with Crippen molar-refractivity contribution in [3.05, 3.63) is 108 Å². The summed E-state index contributed by atoms with van der Waals surface area (Å²) in [6.45, 7) is 1.10. The number of rotatable bonds is 6. The molecule has 1 fully saturated rings. The number of hydrogen-bond donors (Lipinski definition) is 1. The Balaban J connectivity index is 1.61. The second-order valence-electron chi connectivity index (χ2n) is 7.85. The minimum absolute atomic E-state index is 0.0201. The zero-order valence-electron chi connectivity index (χ0n) is 16.8. The second-order valence-corrected chi connectivity index (χ2v) is 7.85. The van der Waals surface area contributed by atoms with Crippen LogP contribution in [0.15, 0.2) is 91.0 Å². The Morgan fingerprint density at radius 2 is 1.37 bits per heavy atom. The number of hydrogen-bond acceptors (Lipinski definition) is 4. The minimum Gasteiger partial charge on any atom is -0.384 e. The number of benzene rings is 3. The van der Waals surface area contributed by atoms with Gasteiger partial charge in [0.25, 0.3) is 0 Å². The lowest BCUT2D eigenvalue weighted by Crippen LogP contribution is -2.54. The molecule has 0 bridgehead atoms. The summed E-state index contributed by atoms with van der Waals surface area (Å²) in [6, 6.07) is 27.7. The summed E-state index contributed by atoms with van der Waals surface area (Å²) in [7, 11) is 0. The topological polar surface area (TPSA) is 57.6 Å². The first kappa shape index (κ1) is 20.2. The summed E-state index contributed by atoms with van der Waals surface area (Å²) < 4.78 is 0. The number of ketones is 2. The van der Waals surface area contributed by atoms with Crippen LogP contribution in [-0.2, 0) is 5.60 Å². The first-order valence-electron chi connectivity index (χ1n) is 10.3. The van der Waals surface area contributed by atoms with Gasteiger partial charge in [0, 0.05) is 24.2 Å². The van der Waals surface area contributed by atoms with Gasteiger partial charge in [0.05, 0.1) is 12.5 Å². The molecular formula is C26H25NO3. The van der Waals surface area contributed by atoms with Crippen molar-refractivity contribution in [1.29, 1.82) is 0 Å². The Bertz CT molecular complexity index is 1000. The van der Waals surface area contributed by atoms with Crippen molar-refractivity contribution in [2.45, 2.75) is 12.0 Å². The van der Waals surface area contributed by atoms with E-state index in [2.05, 4.69) is 0 Å². The van der Waals surface area contributed by atoms with E-state index in [-0.39, 0.29) is 18.1 Å². The Hall–Kier alpha value is -3.08. The number of likely N-dealkylation sites (tertiary alicyclic amines) is 1. The van der Waals surface area contributed by atoms with Crippen molar-refractivity contribution >= 4 is 11.6 Å². The summed E-state index contributed by atoms with van der Waals surface area (Å²) in [5, 5.41) is 11.7. The number of Topliss-reactive ketones (excluding diaryl/α,β-unsaturated/α-hetero) is 2. The van der Waals surface area contributed by atoms with E-state index in [1.165, 1.54) is 0 Å². The second kappa shape index (κ2) is 8.74. The van der Waals surface area contributed by atoms with Gasteiger partial charge in [0.2, 0.25) is 0 Å². The van der Waals surface area contributed by atoms with Crippen molar-refractivity contribution in [2.75, 3.05) is 19.6 Å². The normalized spacial score (nSPS) is 21.8. The molecule has 1 aliphatic heterocycles. The van der Waals surface area contributed by atoms with E-state index in [1.54, 1.807) is 24.3 Å². The zero-order valence-corrected chi connectivity index (χ0v) is 16.8. The van der Waals surface area contributed by atoms with Crippen molar-refractivity contribution in [3.8, 4) is 0 Å². The lowest BCUT2D eigenvalue weighted by Gasteiger charge is -2.44. The van der Waals surface area contributed by atoms with Gasteiger partial charge in [-0.3, -0.25) is 14.5 Å². The first-order chi connectivity index (χ1) is 14.6. The van der Waals surface area contributed by atoms with Crippen LogP contribution in [0.1, 0.15) is 32.7 Å². The molecule has 4 nitrogen and oxygen atoms in total. The molecule has 3 aromatic rings. The zero-order chi connectivity index (χ0) is 21.0. The summed E-state index contributed by atoms with van der Waals surface area (Å²) in [5.74, 6) is -0.731. The van der Waals surface area contributed by atoms with Crippen LogP contribution in [0.4, 0.5) is 0 Å². The summed E-state index contributed by atoms with van der Waals surface area (Å²) in [4.78, 5) is 28.1. The molecule has 4 heteroatoms. The molecule has 1 N–H and O–H groups in total. The van der Waals surface area contributed by atoms with Gasteiger partial charge in [0.15, 0.2) is 11.6 Å². The van der Waals surface area contributed by atoms with E-state index in [4.69, 9.17) is 0 Å². The number of carbonyl (C=O) groups is 2. The monoisotopic (exact) mass is 399 g/mol. The summed E-state index contributed by atoms with van der Waals surface area (Å²) in [5.41, 5.74) is 0.717. The van der Waals surface area contributed by atoms with Crippen molar-refractivity contribution < 1.29 is 14.7 Å². The van der Waals surface area contributed by atoms with Crippen LogP contribution in [0.2, 0.25) is 0 Å². The van der Waals surface area contributed by atoms with Crippen molar-refractivity contribution in [3.63, 3.8) is 0 Å². The van der Waals surface area contributed by atoms with E-state index in [0.29, 0.717) is 30.6 Å². The molecule has 4 rings (SSSR count). The molecule has 152 valence electrons. The van der Waals surface area contributed by atoms with Crippen LogP contribution in [0, 0.1) is 5.92 Å². The van der Waals surface area contributed by atoms with Crippen LogP contribution in [0.5, 0.6) is 0 Å². The Morgan fingerprint density at radius 1 is 0.833 bits per heavy atom. The van der Waals surface area contributed by atoms with Crippen molar-refractivity contribution in [1.82, 2.24) is 4.90 Å². The van der Waals surface area contributed by atoms with E-state index in [0.717, 1.165) is 5.56 Å². The molecule has 0 aromatic heterocycles. The third-order valence-corrected chi connectivity index (χ3v) is 5.94. The van der Waals surface area contributed by atoms with Gasteiger partial charge in [-0.05, 0) is 12.0 Å². The van der Waals surface area contributed by atoms with Gasteiger partial charge in [0.1, 0.15) is 5.60 Å². The number of carbonyl (C=O) groups excluding carboxylic acids is 2. The van der Waals surface area contributed by atoms with E-state index < -0.39 is 11.5 Å². The number of nitrogens with zero attached hydrogens (tertiary/aromatic N) is 1. The van der Waals surface area contributed by atoms with E-state index in [1.807, 2.05) is 71.6 Å². The average Bonchev–Trinajstić information content (AvgIpc) is 2.81. The van der Waals surface area contributed by atoms with Gasteiger partial charge in [-0.2, -0.15) is 0 Å². The fourth-order valence-corrected chi connectivity index (χ4v) is 4.24. The predicted molar refractivity (Wildman–Crippen MR) is 116 cm³/mol. The molecule has 1 saturated heterocycles. The van der Waals surface area contributed by atoms with Crippen LogP contribution in [0.25, 0.3) is 0 Å². The first-order valence-corrected chi connectivity index (χ1v) is 10.3. The van der Waals surface area contributed by atoms with Crippen LogP contribution < -0.4 is 0 Å². The summed E-state index contributed by atoms with van der Waals surface area (Å²) in [6.07, 6.45) is 0.391. The molecule has 0 saturated carbocycles. The lowest BCUT2D eigenvalue weighted by molar-refractivity contribution is -0.0626. The molecule has 1 aliphatic rings. The Kier molecular flexibility index (Phi) is 5.88. The van der Waals surface area contributed by atoms with E-state index in [9.17, 15) is 14.7 Å². The molecule has 0 amide bonds. The summed E-state index contributed by atoms with van der Waals surface area (Å²) >= 11 is 0. The van der Waals surface area contributed by atoms with Crippen LogP contribution in [-0.4, -0.2) is 41.2 Å². The largest absolute Gasteiger partial charge is 0.384 e. The third kappa shape index (κ3) is 4.11. The molecule has 0 unspecified atom stereocenters. The maximum atomic E-state index is 13.4. The highest BCUT2D eigenvalue weighted by atomic mass is 16.3. The minimum atomic E-state index is -1.26. The van der Waals surface area contributed by atoms with Crippen LogP contribution in [0.3, 0.4) is 0 Å². The Morgan fingerprint density at radius 3 is 1.97 bits per heavy atom. The maximum absolute atomic E-state index is 13.4. The molecule has 30 heavy (non-hydrogen) atoms. The standard InChI is InChI=1S/C26H25NO3/c28-24(20-10-4-1-5-11-20)19-27-17-16-26(30,22-14-8-3-9-15-22)23(18-27)25(29)21-12-6-2-7-13-21/h1-15,23,30H,16-19H2/t23-,26+/m1/s1. The van der Waals surface area contributed by atoms with E-state index >= 15 is 0 Å². The quantitative estimate of drug-likeness (QED) is 0.638. The molecule has 0 spiro atoms. The van der Waals surface area contributed by atoms with Gasteiger partial charge < -0.3 is 5.11 Å². The van der Waals surface area contributed by atoms with Gasteiger partial charge in [-0.15, -0.1) is 0 Å². The maximum Gasteiger partial charge on any atom is 0.176 e. The lowest BCUT2D eigenvalue weighted by atomic mass is 9.72. The molecular weight excluding hydrogens is 374 g/mol. The highest BCUT2D eigenvalue weighted by Crippen LogP contribution is 2.39. The fraction of sp³-hybridized carbons (Fsp3) is 0.231. The third-order valence-electron chi connectivity index (χ3n) is 5.94. The molecule has 0 radical (unpaired) electrons. The van der Waals surface area contributed by atoms with Gasteiger partial charge in [-0.1, -0.05) is 91.0 Å². The average molecular weight is 399 g/mol. The van der Waals surface area contributed by atoms with Gasteiger partial charge >= 0.3 is 0 Å². The molecule has 2 atom stereocenters. The van der Waals surface area contributed by atoms with Crippen LogP contribution >= 0.6 is 0 Å². The predicted octanol–water partition coefficient (Wildman–Crippen LogP) is 3.96. The molecule has 3 aromatic carbocycles. The molecule has 1 heterocycles. The SMILES string of the molecule is O=C(CN1CC[C@](O)(c2ccccc2)[C@@H](C(=O)c2ccccc2)C1)c1ccccc1. The number of piperidine rings is 1. The molecule has 0 aliphatic carbocycles. The highest BCUT2D eigenvalue weighted by Gasteiger charge is 2.46. The highest BCUT2D eigenvalue weighted by molar-refractivity contribution is 5.99. The smallest absolute Gasteiger partial charge is 0.176 e.